The molecule has 0 fully saturated rings. The number of carbonyl (C=O) groups excluding carboxylic acids is 1. The highest BCUT2D eigenvalue weighted by molar-refractivity contribution is 5.96. The number of nitrogens with two attached hydrogens (primary N) is 1. The number of guanidine groups is 1. The monoisotopic (exact) mass is 282 g/mol. The Kier molecular flexibility index (Phi) is 4.36. The zero-order chi connectivity index (χ0) is 15.7. The maximum atomic E-state index is 12.4. The van der Waals surface area contributed by atoms with Crippen LogP contribution < -0.4 is 11.1 Å². The summed E-state index contributed by atoms with van der Waals surface area (Å²) in [6, 6.07) is -0.0847. The van der Waals surface area contributed by atoms with Gasteiger partial charge in [-0.25, -0.2) is 14.7 Å². The van der Waals surface area contributed by atoms with Crippen LogP contribution >= 0.6 is 0 Å². The molecular formula is C14H26N4O2. The quantitative estimate of drug-likeness (QED) is 0.713. The molecule has 1 atom stereocenters. The summed E-state index contributed by atoms with van der Waals surface area (Å²) in [6.07, 6.45) is 1.34. The van der Waals surface area contributed by atoms with Gasteiger partial charge >= 0.3 is 6.09 Å². The molecule has 1 aliphatic rings. The number of aliphatic imine (C=N–C) groups is 1. The van der Waals surface area contributed by atoms with Gasteiger partial charge in [0.2, 0.25) is 5.96 Å². The summed E-state index contributed by atoms with van der Waals surface area (Å²) in [4.78, 5) is 18.4. The molecule has 6 nitrogen and oxygen atoms in total. The summed E-state index contributed by atoms with van der Waals surface area (Å²) >= 11 is 0. The van der Waals surface area contributed by atoms with Crippen LogP contribution in [0, 0.1) is 0 Å². The van der Waals surface area contributed by atoms with Crippen molar-refractivity contribution in [3.63, 3.8) is 0 Å². The van der Waals surface area contributed by atoms with Crippen molar-refractivity contribution in [2.45, 2.75) is 65.6 Å². The molecular weight excluding hydrogens is 256 g/mol. The Morgan fingerprint density at radius 1 is 1.35 bits per heavy atom. The van der Waals surface area contributed by atoms with Gasteiger partial charge in [0.15, 0.2) is 0 Å². The third-order valence-electron chi connectivity index (χ3n) is 2.46. The van der Waals surface area contributed by atoms with Gasteiger partial charge < -0.3 is 15.8 Å². The molecule has 1 amide bonds. The van der Waals surface area contributed by atoms with Crippen LogP contribution in [-0.4, -0.2) is 34.1 Å². The van der Waals surface area contributed by atoms with E-state index in [2.05, 4.69) is 10.3 Å². The first-order valence-electron chi connectivity index (χ1n) is 6.75. The molecule has 1 aliphatic heterocycles. The average molecular weight is 282 g/mol. The third kappa shape index (κ3) is 4.43. The molecule has 3 N–H and O–H groups in total. The van der Waals surface area contributed by atoms with E-state index in [1.165, 1.54) is 4.90 Å². The van der Waals surface area contributed by atoms with Gasteiger partial charge in [0, 0.05) is 5.54 Å². The molecule has 20 heavy (non-hydrogen) atoms. The fourth-order valence-corrected chi connectivity index (χ4v) is 1.79. The molecule has 0 saturated heterocycles. The molecule has 0 saturated carbocycles. The van der Waals surface area contributed by atoms with Crippen LogP contribution in [0.15, 0.2) is 16.9 Å². The lowest BCUT2D eigenvalue weighted by Gasteiger charge is -2.38. The fraction of sp³-hybridized carbons (Fsp3) is 0.714. The highest BCUT2D eigenvalue weighted by atomic mass is 16.6. The molecule has 0 radical (unpaired) electrons. The number of nitrogens with zero attached hydrogens (tertiary/aromatic N) is 2. The van der Waals surface area contributed by atoms with Crippen molar-refractivity contribution in [1.29, 1.82) is 0 Å². The van der Waals surface area contributed by atoms with Crippen LogP contribution in [0.25, 0.3) is 0 Å². The second-order valence-electron chi connectivity index (χ2n) is 6.93. The van der Waals surface area contributed by atoms with Crippen molar-refractivity contribution < 1.29 is 9.53 Å². The van der Waals surface area contributed by atoms with Gasteiger partial charge in [0.1, 0.15) is 11.4 Å². The zero-order valence-electron chi connectivity index (χ0n) is 13.4. The molecule has 6 heteroatoms. The molecule has 0 bridgehead atoms. The van der Waals surface area contributed by atoms with Gasteiger partial charge in [-0.05, 0) is 54.5 Å². The predicted molar refractivity (Wildman–Crippen MR) is 80.1 cm³/mol. The Balaban J connectivity index is 3.06. The van der Waals surface area contributed by atoms with E-state index in [1.54, 1.807) is 6.08 Å². The first-order valence-corrected chi connectivity index (χ1v) is 6.75. The van der Waals surface area contributed by atoms with E-state index in [4.69, 9.17) is 10.5 Å². The number of hydrogen-bond acceptors (Lipinski definition) is 5. The van der Waals surface area contributed by atoms with Crippen molar-refractivity contribution in [2.75, 3.05) is 0 Å². The molecule has 0 spiro atoms. The summed E-state index contributed by atoms with van der Waals surface area (Å²) in [6.45, 7) is 13.2. The van der Waals surface area contributed by atoms with Crippen LogP contribution in [-0.2, 0) is 4.74 Å². The Morgan fingerprint density at radius 3 is 2.30 bits per heavy atom. The first-order chi connectivity index (χ1) is 8.90. The number of hydrogen-bond donors (Lipinski definition) is 2. The molecule has 0 aromatic rings. The van der Waals surface area contributed by atoms with Gasteiger partial charge in [0.25, 0.3) is 0 Å². The topological polar surface area (TPSA) is 80.0 Å². The van der Waals surface area contributed by atoms with Crippen molar-refractivity contribution >= 4 is 12.1 Å². The van der Waals surface area contributed by atoms with Crippen LogP contribution in [0.5, 0.6) is 0 Å². The SMILES string of the molecule is CC1C=C(N)NC(N(C(=O)OC(C)(C)C)C(C)(C)C)=N1. The van der Waals surface area contributed by atoms with Gasteiger partial charge in [-0.1, -0.05) is 0 Å². The summed E-state index contributed by atoms with van der Waals surface area (Å²) in [5, 5.41) is 2.93. The number of amides is 1. The first kappa shape index (κ1) is 16.3. The van der Waals surface area contributed by atoms with Gasteiger partial charge in [-0.2, -0.15) is 0 Å². The standard InChI is InChI=1S/C14H26N4O2/c1-9-8-10(15)17-11(16-9)18(13(2,3)4)12(19)20-14(5,6)7/h8-9H,15H2,1-7H3,(H,16,17). The Labute approximate surface area is 121 Å². The van der Waals surface area contributed by atoms with Crippen molar-refractivity contribution in [1.82, 2.24) is 10.2 Å². The fourth-order valence-electron chi connectivity index (χ4n) is 1.79. The van der Waals surface area contributed by atoms with Crippen molar-refractivity contribution in [3.8, 4) is 0 Å². The summed E-state index contributed by atoms with van der Waals surface area (Å²) in [7, 11) is 0. The summed E-state index contributed by atoms with van der Waals surface area (Å²) < 4.78 is 5.46. The van der Waals surface area contributed by atoms with E-state index in [9.17, 15) is 4.79 Å². The van der Waals surface area contributed by atoms with E-state index < -0.39 is 17.2 Å². The zero-order valence-corrected chi connectivity index (χ0v) is 13.4. The van der Waals surface area contributed by atoms with E-state index in [0.29, 0.717) is 11.8 Å². The maximum absolute atomic E-state index is 12.4. The Bertz CT molecular complexity index is 441. The van der Waals surface area contributed by atoms with Crippen LogP contribution in [0.3, 0.4) is 0 Å². The molecule has 1 heterocycles. The molecule has 0 aromatic heterocycles. The number of ether oxygens (including phenoxy) is 1. The lowest BCUT2D eigenvalue weighted by atomic mass is 10.1. The minimum absolute atomic E-state index is 0.0847. The number of carbonyl (C=O) groups is 1. The lowest BCUT2D eigenvalue weighted by molar-refractivity contribution is 0.0241. The maximum Gasteiger partial charge on any atom is 0.417 e. The molecule has 1 unspecified atom stereocenters. The summed E-state index contributed by atoms with van der Waals surface area (Å²) in [5.74, 6) is 0.902. The molecule has 1 rings (SSSR count). The summed E-state index contributed by atoms with van der Waals surface area (Å²) in [5.41, 5.74) is 4.77. The van der Waals surface area contributed by atoms with Crippen molar-refractivity contribution in [2.24, 2.45) is 10.7 Å². The van der Waals surface area contributed by atoms with E-state index in [-0.39, 0.29) is 6.04 Å². The Morgan fingerprint density at radius 2 is 1.90 bits per heavy atom. The predicted octanol–water partition coefficient (Wildman–Crippen LogP) is 2.17. The van der Waals surface area contributed by atoms with Gasteiger partial charge in [-0.15, -0.1) is 0 Å². The second-order valence-corrected chi connectivity index (χ2v) is 6.93. The van der Waals surface area contributed by atoms with Crippen LogP contribution in [0.4, 0.5) is 4.79 Å². The Hall–Kier alpha value is -1.72. The van der Waals surface area contributed by atoms with Crippen molar-refractivity contribution in [3.05, 3.63) is 11.9 Å². The molecule has 0 aliphatic carbocycles. The molecule has 0 aromatic carbocycles. The van der Waals surface area contributed by atoms with Crippen LogP contribution in [0.1, 0.15) is 48.5 Å². The number of rotatable bonds is 0. The minimum Gasteiger partial charge on any atom is -0.443 e. The smallest absolute Gasteiger partial charge is 0.417 e. The minimum atomic E-state index is -0.567. The van der Waals surface area contributed by atoms with Gasteiger partial charge in [0.05, 0.1) is 6.04 Å². The normalized spacial score (nSPS) is 19.6. The van der Waals surface area contributed by atoms with E-state index in [0.717, 1.165) is 0 Å². The molecule has 114 valence electrons. The second kappa shape index (κ2) is 5.34. The largest absolute Gasteiger partial charge is 0.443 e. The highest BCUT2D eigenvalue weighted by Gasteiger charge is 2.35. The third-order valence-corrected chi connectivity index (χ3v) is 2.46. The number of nitrogens with one attached hydrogen (secondary N) is 1. The van der Waals surface area contributed by atoms with Crippen LogP contribution in [0.2, 0.25) is 0 Å². The lowest BCUT2D eigenvalue weighted by Crippen LogP contribution is -2.57. The van der Waals surface area contributed by atoms with E-state index in [1.807, 2.05) is 48.5 Å². The van der Waals surface area contributed by atoms with Gasteiger partial charge in [-0.3, -0.25) is 0 Å². The van der Waals surface area contributed by atoms with E-state index >= 15 is 0 Å². The average Bonchev–Trinajstić information content (AvgIpc) is 2.08. The highest BCUT2D eigenvalue weighted by Crippen LogP contribution is 2.20.